The van der Waals surface area contributed by atoms with Gasteiger partial charge in [0.15, 0.2) is 9.84 Å². The zero-order chi connectivity index (χ0) is 9.73. The molecule has 1 aliphatic rings. The molecule has 76 valence electrons. The molecule has 0 heterocycles. The third kappa shape index (κ3) is 3.12. The predicted octanol–water partition coefficient (Wildman–Crippen LogP) is 0.859. The van der Waals surface area contributed by atoms with Crippen LogP contribution in [-0.4, -0.2) is 26.0 Å². The molecule has 0 aromatic rings. The van der Waals surface area contributed by atoms with Gasteiger partial charge in [0.1, 0.15) is 0 Å². The van der Waals surface area contributed by atoms with Crippen LogP contribution >= 0.6 is 0 Å². The lowest BCUT2D eigenvalue weighted by atomic mass is 10.1. The zero-order valence-electron chi connectivity index (χ0n) is 7.78. The Hall–Kier alpha value is -0.350. The summed E-state index contributed by atoms with van der Waals surface area (Å²) in [6.07, 6.45) is 6.97. The summed E-state index contributed by atoms with van der Waals surface area (Å²) in [6.45, 7) is 0.460. The summed E-state index contributed by atoms with van der Waals surface area (Å²) in [4.78, 5) is 0. The number of sulfone groups is 1. The van der Waals surface area contributed by atoms with Crippen molar-refractivity contribution >= 4 is 9.84 Å². The summed E-state index contributed by atoms with van der Waals surface area (Å²) in [5.41, 5.74) is 5.29. The van der Waals surface area contributed by atoms with Crippen LogP contribution in [0.2, 0.25) is 0 Å². The van der Waals surface area contributed by atoms with Gasteiger partial charge in [-0.2, -0.15) is 0 Å². The van der Waals surface area contributed by atoms with Crippen LogP contribution in [0.4, 0.5) is 0 Å². The van der Waals surface area contributed by atoms with Crippen molar-refractivity contribution in [2.24, 2.45) is 5.73 Å². The van der Waals surface area contributed by atoms with Crippen molar-refractivity contribution in [3.05, 3.63) is 12.2 Å². The average Bonchev–Trinajstić information content (AvgIpc) is 2.16. The first-order valence-electron chi connectivity index (χ1n) is 4.73. The van der Waals surface area contributed by atoms with Crippen molar-refractivity contribution in [2.75, 3.05) is 12.3 Å². The van der Waals surface area contributed by atoms with Crippen molar-refractivity contribution in [1.29, 1.82) is 0 Å². The first kappa shape index (κ1) is 10.7. The van der Waals surface area contributed by atoms with Gasteiger partial charge in [-0.1, -0.05) is 12.2 Å². The molecule has 1 rings (SSSR count). The second-order valence-corrected chi connectivity index (χ2v) is 5.82. The number of rotatable bonds is 4. The van der Waals surface area contributed by atoms with Crippen LogP contribution in [0.5, 0.6) is 0 Å². The summed E-state index contributed by atoms with van der Waals surface area (Å²) in [6, 6.07) is 0. The van der Waals surface area contributed by atoms with Crippen LogP contribution in [0, 0.1) is 0 Å². The molecule has 3 nitrogen and oxygen atoms in total. The Kier molecular flexibility index (Phi) is 3.93. The minimum atomic E-state index is -2.88. The molecular formula is C9H17NO2S. The molecule has 0 saturated heterocycles. The molecule has 0 aliphatic heterocycles. The van der Waals surface area contributed by atoms with Crippen LogP contribution in [0.1, 0.15) is 25.7 Å². The molecule has 0 aromatic carbocycles. The highest BCUT2D eigenvalue weighted by molar-refractivity contribution is 7.92. The molecule has 0 fully saturated rings. The molecule has 1 unspecified atom stereocenters. The Morgan fingerprint density at radius 2 is 2.15 bits per heavy atom. The van der Waals surface area contributed by atoms with Gasteiger partial charge in [0, 0.05) is 0 Å². The summed E-state index contributed by atoms with van der Waals surface area (Å²) < 4.78 is 23.3. The molecular weight excluding hydrogens is 186 g/mol. The minimum Gasteiger partial charge on any atom is -0.330 e. The molecule has 0 radical (unpaired) electrons. The van der Waals surface area contributed by atoms with E-state index in [4.69, 9.17) is 5.73 Å². The maximum absolute atomic E-state index is 11.7. The molecule has 0 aromatic heterocycles. The second kappa shape index (κ2) is 4.77. The van der Waals surface area contributed by atoms with Crippen LogP contribution in [0.25, 0.3) is 0 Å². The quantitative estimate of drug-likeness (QED) is 0.689. The molecule has 13 heavy (non-hydrogen) atoms. The van der Waals surface area contributed by atoms with Gasteiger partial charge in [0.05, 0.1) is 11.0 Å². The van der Waals surface area contributed by atoms with E-state index in [1.165, 1.54) is 0 Å². The topological polar surface area (TPSA) is 60.2 Å². The van der Waals surface area contributed by atoms with E-state index in [0.29, 0.717) is 19.4 Å². The Morgan fingerprint density at radius 1 is 1.38 bits per heavy atom. The fourth-order valence-electron chi connectivity index (χ4n) is 1.54. The van der Waals surface area contributed by atoms with Crippen molar-refractivity contribution in [2.45, 2.75) is 30.9 Å². The van der Waals surface area contributed by atoms with E-state index in [9.17, 15) is 8.42 Å². The van der Waals surface area contributed by atoms with E-state index >= 15 is 0 Å². The Labute approximate surface area is 79.9 Å². The van der Waals surface area contributed by atoms with Crippen molar-refractivity contribution in [3.63, 3.8) is 0 Å². The van der Waals surface area contributed by atoms with Gasteiger partial charge in [0.2, 0.25) is 0 Å². The van der Waals surface area contributed by atoms with Crippen LogP contribution < -0.4 is 5.73 Å². The van der Waals surface area contributed by atoms with Gasteiger partial charge in [-0.25, -0.2) is 8.42 Å². The molecule has 0 bridgehead atoms. The SMILES string of the molecule is NCCCS(=O)(=O)C1CC=CCC1. The standard InChI is InChI=1S/C9H17NO2S/c10-7-4-8-13(11,12)9-5-2-1-3-6-9/h1-2,9H,3-8,10H2. The third-order valence-electron chi connectivity index (χ3n) is 2.36. The van der Waals surface area contributed by atoms with Gasteiger partial charge < -0.3 is 5.73 Å². The monoisotopic (exact) mass is 203 g/mol. The van der Waals surface area contributed by atoms with E-state index in [-0.39, 0.29) is 11.0 Å². The molecule has 1 aliphatic carbocycles. The van der Waals surface area contributed by atoms with E-state index in [1.807, 2.05) is 6.08 Å². The van der Waals surface area contributed by atoms with E-state index in [1.54, 1.807) is 0 Å². The number of hydrogen-bond acceptors (Lipinski definition) is 3. The lowest BCUT2D eigenvalue weighted by Crippen LogP contribution is -2.26. The second-order valence-electron chi connectivity index (χ2n) is 3.42. The summed E-state index contributed by atoms with van der Waals surface area (Å²) >= 11 is 0. The first-order valence-corrected chi connectivity index (χ1v) is 6.45. The number of hydrogen-bond donors (Lipinski definition) is 1. The smallest absolute Gasteiger partial charge is 0.153 e. The van der Waals surface area contributed by atoms with Crippen LogP contribution in [0.15, 0.2) is 12.2 Å². The summed E-state index contributed by atoms with van der Waals surface area (Å²) in [5, 5.41) is -0.149. The Morgan fingerprint density at radius 3 is 2.69 bits per heavy atom. The molecule has 0 amide bonds. The Balaban J connectivity index is 2.53. The van der Waals surface area contributed by atoms with Crippen molar-refractivity contribution < 1.29 is 8.42 Å². The van der Waals surface area contributed by atoms with Gasteiger partial charge in [-0.05, 0) is 32.2 Å². The predicted molar refractivity (Wildman–Crippen MR) is 54.2 cm³/mol. The number of allylic oxidation sites excluding steroid dienone is 2. The summed E-state index contributed by atoms with van der Waals surface area (Å²) in [5.74, 6) is 0.252. The average molecular weight is 203 g/mol. The minimum absolute atomic E-state index is 0.149. The van der Waals surface area contributed by atoms with Crippen LogP contribution in [-0.2, 0) is 9.84 Å². The van der Waals surface area contributed by atoms with E-state index in [0.717, 1.165) is 12.8 Å². The maximum atomic E-state index is 11.7. The van der Waals surface area contributed by atoms with Crippen molar-refractivity contribution in [3.8, 4) is 0 Å². The fourth-order valence-corrected chi connectivity index (χ4v) is 3.35. The molecule has 2 N–H and O–H groups in total. The lowest BCUT2D eigenvalue weighted by molar-refractivity contribution is 0.566. The van der Waals surface area contributed by atoms with E-state index in [2.05, 4.69) is 6.08 Å². The zero-order valence-corrected chi connectivity index (χ0v) is 8.59. The number of nitrogens with two attached hydrogens (primary N) is 1. The molecule has 0 saturated carbocycles. The van der Waals surface area contributed by atoms with Gasteiger partial charge in [-0.15, -0.1) is 0 Å². The lowest BCUT2D eigenvalue weighted by Gasteiger charge is -2.17. The maximum Gasteiger partial charge on any atom is 0.153 e. The van der Waals surface area contributed by atoms with Gasteiger partial charge >= 0.3 is 0 Å². The fraction of sp³-hybridized carbons (Fsp3) is 0.778. The molecule has 1 atom stereocenters. The highest BCUT2D eigenvalue weighted by atomic mass is 32.2. The molecule has 0 spiro atoms. The highest BCUT2D eigenvalue weighted by Crippen LogP contribution is 2.19. The van der Waals surface area contributed by atoms with Crippen molar-refractivity contribution in [1.82, 2.24) is 0 Å². The van der Waals surface area contributed by atoms with Gasteiger partial charge in [0.25, 0.3) is 0 Å². The normalized spacial score (nSPS) is 23.3. The molecule has 4 heteroatoms. The Bertz CT molecular complexity index is 269. The van der Waals surface area contributed by atoms with Gasteiger partial charge in [-0.3, -0.25) is 0 Å². The highest BCUT2D eigenvalue weighted by Gasteiger charge is 2.24. The summed E-state index contributed by atoms with van der Waals surface area (Å²) in [7, 11) is -2.88. The largest absolute Gasteiger partial charge is 0.330 e. The third-order valence-corrected chi connectivity index (χ3v) is 4.66. The van der Waals surface area contributed by atoms with Crippen LogP contribution in [0.3, 0.4) is 0 Å². The first-order chi connectivity index (χ1) is 6.17. The van der Waals surface area contributed by atoms with E-state index < -0.39 is 9.84 Å².